The highest BCUT2D eigenvalue weighted by molar-refractivity contribution is 6.30. The van der Waals surface area contributed by atoms with Gasteiger partial charge in [-0.15, -0.1) is 0 Å². The largest absolute Gasteiger partial charge is 0.470 e. The van der Waals surface area contributed by atoms with Gasteiger partial charge in [0, 0.05) is 6.20 Å². The second-order valence-corrected chi connectivity index (χ2v) is 4.20. The number of ether oxygens (including phenoxy) is 1. The minimum Gasteiger partial charge on any atom is -0.470 e. The molecule has 1 aromatic heterocycles. The summed E-state index contributed by atoms with van der Waals surface area (Å²) >= 11 is 5.72. The van der Waals surface area contributed by atoms with Crippen LogP contribution in [0, 0.1) is 0 Å². The predicted octanol–water partition coefficient (Wildman–Crippen LogP) is 2.88. The van der Waals surface area contributed by atoms with Gasteiger partial charge in [-0.05, 0) is 26.3 Å². The molecule has 0 unspecified atom stereocenters. The Hall–Kier alpha value is -0.960. The van der Waals surface area contributed by atoms with E-state index in [-0.39, 0.29) is 5.60 Å². The summed E-state index contributed by atoms with van der Waals surface area (Å²) in [6, 6.07) is 1.63. The zero-order chi connectivity index (χ0) is 10.8. The van der Waals surface area contributed by atoms with Crippen molar-refractivity contribution in [3.8, 4) is 5.88 Å². The van der Waals surface area contributed by atoms with Crippen LogP contribution >= 0.6 is 11.6 Å². The first-order valence-electron chi connectivity index (χ1n) is 4.54. The molecule has 78 valence electrons. The van der Waals surface area contributed by atoms with Gasteiger partial charge in [0.1, 0.15) is 5.60 Å². The number of nitrogens with two attached hydrogens (primary N) is 1. The van der Waals surface area contributed by atoms with Crippen molar-refractivity contribution < 1.29 is 4.74 Å². The van der Waals surface area contributed by atoms with Gasteiger partial charge in [0.05, 0.1) is 10.7 Å². The van der Waals surface area contributed by atoms with Crippen molar-refractivity contribution >= 4 is 17.3 Å². The van der Waals surface area contributed by atoms with Crippen LogP contribution in [0.25, 0.3) is 0 Å². The van der Waals surface area contributed by atoms with Crippen LogP contribution in [0.5, 0.6) is 5.88 Å². The van der Waals surface area contributed by atoms with Gasteiger partial charge in [0.15, 0.2) is 0 Å². The standard InChI is InChI=1S/C10H15ClN2O/c1-4-10(2,3)14-9-8(12)5-7(11)6-13-9/h5-6H,4,12H2,1-3H3. The van der Waals surface area contributed by atoms with Crippen molar-refractivity contribution in [2.75, 3.05) is 5.73 Å². The van der Waals surface area contributed by atoms with E-state index in [9.17, 15) is 0 Å². The lowest BCUT2D eigenvalue weighted by Gasteiger charge is -2.24. The van der Waals surface area contributed by atoms with Crippen LogP contribution in [0.2, 0.25) is 5.02 Å². The maximum atomic E-state index is 5.72. The normalized spacial score (nSPS) is 11.4. The molecule has 0 amide bonds. The fourth-order valence-corrected chi connectivity index (χ4v) is 1.03. The molecule has 0 fully saturated rings. The Morgan fingerprint density at radius 1 is 1.57 bits per heavy atom. The van der Waals surface area contributed by atoms with Crippen LogP contribution in [0.4, 0.5) is 5.69 Å². The van der Waals surface area contributed by atoms with Crippen molar-refractivity contribution in [3.63, 3.8) is 0 Å². The second-order valence-electron chi connectivity index (χ2n) is 3.76. The average molecular weight is 215 g/mol. The number of halogens is 1. The molecular formula is C10H15ClN2O. The lowest BCUT2D eigenvalue weighted by atomic mass is 10.1. The number of hydrogen-bond donors (Lipinski definition) is 1. The van der Waals surface area contributed by atoms with Crippen molar-refractivity contribution in [2.24, 2.45) is 0 Å². The Morgan fingerprint density at radius 2 is 2.21 bits per heavy atom. The van der Waals surface area contributed by atoms with Crippen molar-refractivity contribution in [1.82, 2.24) is 4.98 Å². The van der Waals surface area contributed by atoms with Crippen LogP contribution in [0.15, 0.2) is 12.3 Å². The molecule has 1 rings (SSSR count). The Bertz CT molecular complexity index is 326. The number of anilines is 1. The van der Waals surface area contributed by atoms with Gasteiger partial charge in [0.25, 0.3) is 0 Å². The molecule has 0 aliphatic heterocycles. The summed E-state index contributed by atoms with van der Waals surface area (Å²) in [6.45, 7) is 6.03. The van der Waals surface area contributed by atoms with E-state index in [2.05, 4.69) is 4.98 Å². The molecule has 0 atom stereocenters. The Kier molecular flexibility index (Phi) is 3.21. The Labute approximate surface area is 89.2 Å². The molecule has 3 nitrogen and oxygen atoms in total. The number of nitrogens with zero attached hydrogens (tertiary/aromatic N) is 1. The van der Waals surface area contributed by atoms with Gasteiger partial charge < -0.3 is 10.5 Å². The van der Waals surface area contributed by atoms with Crippen molar-refractivity contribution in [2.45, 2.75) is 32.8 Å². The summed E-state index contributed by atoms with van der Waals surface area (Å²) in [7, 11) is 0. The number of hydrogen-bond acceptors (Lipinski definition) is 3. The molecule has 0 saturated carbocycles. The third kappa shape index (κ3) is 2.77. The van der Waals surface area contributed by atoms with E-state index in [1.165, 1.54) is 6.20 Å². The monoisotopic (exact) mass is 214 g/mol. The number of rotatable bonds is 3. The zero-order valence-electron chi connectivity index (χ0n) is 8.67. The van der Waals surface area contributed by atoms with Crippen molar-refractivity contribution in [3.05, 3.63) is 17.3 Å². The molecule has 0 aliphatic rings. The lowest BCUT2D eigenvalue weighted by molar-refractivity contribution is 0.100. The molecule has 2 N–H and O–H groups in total. The first-order chi connectivity index (χ1) is 6.44. The molecular weight excluding hydrogens is 200 g/mol. The van der Waals surface area contributed by atoms with Gasteiger partial charge in [-0.25, -0.2) is 4.98 Å². The Balaban J connectivity index is 2.87. The molecule has 1 aromatic rings. The predicted molar refractivity (Wildman–Crippen MR) is 58.7 cm³/mol. The van der Waals surface area contributed by atoms with E-state index in [0.717, 1.165) is 6.42 Å². The summed E-state index contributed by atoms with van der Waals surface area (Å²) in [5.41, 5.74) is 5.93. The average Bonchev–Trinajstić information content (AvgIpc) is 2.10. The highest BCUT2D eigenvalue weighted by Crippen LogP contribution is 2.26. The maximum absolute atomic E-state index is 5.72. The van der Waals surface area contributed by atoms with Gasteiger partial charge in [-0.3, -0.25) is 0 Å². The zero-order valence-corrected chi connectivity index (χ0v) is 9.43. The van der Waals surface area contributed by atoms with Crippen LogP contribution in [-0.4, -0.2) is 10.6 Å². The van der Waals surface area contributed by atoms with Crippen LogP contribution in [0.3, 0.4) is 0 Å². The van der Waals surface area contributed by atoms with E-state index in [0.29, 0.717) is 16.6 Å². The molecule has 0 radical (unpaired) electrons. The lowest BCUT2D eigenvalue weighted by Crippen LogP contribution is -2.27. The van der Waals surface area contributed by atoms with E-state index in [4.69, 9.17) is 22.1 Å². The number of pyridine rings is 1. The van der Waals surface area contributed by atoms with Crippen LogP contribution in [0.1, 0.15) is 27.2 Å². The smallest absolute Gasteiger partial charge is 0.237 e. The third-order valence-corrected chi connectivity index (χ3v) is 2.28. The van der Waals surface area contributed by atoms with Gasteiger partial charge in [-0.1, -0.05) is 18.5 Å². The minimum absolute atomic E-state index is 0.255. The second kappa shape index (κ2) is 4.05. The number of aromatic nitrogens is 1. The molecule has 14 heavy (non-hydrogen) atoms. The quantitative estimate of drug-likeness (QED) is 0.842. The molecule has 0 saturated heterocycles. The van der Waals surface area contributed by atoms with E-state index in [1.807, 2.05) is 20.8 Å². The first-order valence-corrected chi connectivity index (χ1v) is 4.92. The van der Waals surface area contributed by atoms with Gasteiger partial charge >= 0.3 is 0 Å². The van der Waals surface area contributed by atoms with Gasteiger partial charge in [0.2, 0.25) is 5.88 Å². The molecule has 1 heterocycles. The first kappa shape index (κ1) is 11.1. The highest BCUT2D eigenvalue weighted by atomic mass is 35.5. The molecule has 0 aromatic carbocycles. The van der Waals surface area contributed by atoms with E-state index >= 15 is 0 Å². The summed E-state index contributed by atoms with van der Waals surface area (Å²) in [5.74, 6) is 0.446. The summed E-state index contributed by atoms with van der Waals surface area (Å²) in [6.07, 6.45) is 2.41. The number of nitrogen functional groups attached to an aromatic ring is 1. The van der Waals surface area contributed by atoms with E-state index in [1.54, 1.807) is 6.07 Å². The highest BCUT2D eigenvalue weighted by Gasteiger charge is 2.18. The SMILES string of the molecule is CCC(C)(C)Oc1ncc(Cl)cc1N. The molecule has 0 spiro atoms. The van der Waals surface area contributed by atoms with E-state index < -0.39 is 0 Å². The van der Waals surface area contributed by atoms with Crippen molar-refractivity contribution in [1.29, 1.82) is 0 Å². The topological polar surface area (TPSA) is 48.1 Å². The fraction of sp³-hybridized carbons (Fsp3) is 0.500. The Morgan fingerprint density at radius 3 is 2.71 bits per heavy atom. The molecule has 0 bridgehead atoms. The minimum atomic E-state index is -0.255. The van der Waals surface area contributed by atoms with Crippen LogP contribution in [-0.2, 0) is 0 Å². The maximum Gasteiger partial charge on any atom is 0.237 e. The fourth-order valence-electron chi connectivity index (χ4n) is 0.862. The third-order valence-electron chi connectivity index (χ3n) is 2.07. The van der Waals surface area contributed by atoms with Gasteiger partial charge in [-0.2, -0.15) is 0 Å². The summed E-state index contributed by atoms with van der Waals surface area (Å²) in [5, 5.41) is 0.518. The molecule has 4 heteroatoms. The molecule has 0 aliphatic carbocycles. The van der Waals surface area contributed by atoms with Crippen LogP contribution < -0.4 is 10.5 Å². The summed E-state index contributed by atoms with van der Waals surface area (Å²) < 4.78 is 5.64. The summed E-state index contributed by atoms with van der Waals surface area (Å²) in [4.78, 5) is 4.03.